The molecule has 1 aliphatic carbocycles. The van der Waals surface area contributed by atoms with E-state index in [0.717, 1.165) is 16.7 Å². The first-order valence-electron chi connectivity index (χ1n) is 11.2. The van der Waals surface area contributed by atoms with E-state index in [1.54, 1.807) is 10.9 Å². The number of hydrogen-bond donors (Lipinski definition) is 2. The molecular formula is C26H26ClN5O2. The van der Waals surface area contributed by atoms with Crippen LogP contribution in [-0.2, 0) is 4.79 Å². The minimum atomic E-state index is -0.379. The molecule has 0 spiro atoms. The van der Waals surface area contributed by atoms with Crippen molar-refractivity contribution in [2.75, 3.05) is 5.32 Å². The number of rotatable bonds is 5. The fraction of sp³-hybridized carbons (Fsp3) is 0.308. The van der Waals surface area contributed by atoms with Crippen molar-refractivity contribution in [1.29, 1.82) is 0 Å². The highest BCUT2D eigenvalue weighted by Crippen LogP contribution is 2.34. The second kappa shape index (κ2) is 10.1. The number of carbonyl (C=O) groups excluding carboxylic acids is 2. The number of benzene rings is 1. The highest BCUT2D eigenvalue weighted by molar-refractivity contribution is 6.34. The van der Waals surface area contributed by atoms with Crippen LogP contribution < -0.4 is 10.6 Å². The standard InChI is InChI=1S/C26H26ClN5O2/c1-16(2)25(33)30-20-12-21(13-20)32-23(22(27)15-29-32)26(34)31-24-17(3)11-19(14-28-24)10-9-18-7-5-4-6-8-18/h4-8,11,14-16,20-21H,12-13H2,1-3H3,(H,30,33)(H,28,31,34)/t20-,21+. The largest absolute Gasteiger partial charge is 0.353 e. The zero-order chi connectivity index (χ0) is 24.2. The number of nitrogens with one attached hydrogen (secondary N) is 2. The predicted octanol–water partition coefficient (Wildman–Crippen LogP) is 4.37. The van der Waals surface area contributed by atoms with E-state index in [-0.39, 0.29) is 40.5 Å². The third-order valence-corrected chi connectivity index (χ3v) is 6.01. The van der Waals surface area contributed by atoms with E-state index >= 15 is 0 Å². The lowest BCUT2D eigenvalue weighted by molar-refractivity contribution is -0.125. The molecule has 2 heterocycles. The normalized spacial score (nSPS) is 16.9. The molecule has 3 aromatic rings. The maximum atomic E-state index is 13.1. The van der Waals surface area contributed by atoms with E-state index in [4.69, 9.17) is 11.6 Å². The van der Waals surface area contributed by atoms with Gasteiger partial charge in [-0.25, -0.2) is 4.98 Å². The van der Waals surface area contributed by atoms with Gasteiger partial charge >= 0.3 is 0 Å². The summed E-state index contributed by atoms with van der Waals surface area (Å²) in [6, 6.07) is 11.7. The lowest BCUT2D eigenvalue weighted by atomic mass is 9.86. The van der Waals surface area contributed by atoms with E-state index in [1.165, 1.54) is 6.20 Å². The summed E-state index contributed by atoms with van der Waals surface area (Å²) in [6.45, 7) is 5.59. The van der Waals surface area contributed by atoms with Gasteiger partial charge in [0.15, 0.2) is 0 Å². The summed E-state index contributed by atoms with van der Waals surface area (Å²) < 4.78 is 1.64. The molecule has 7 nitrogen and oxygen atoms in total. The maximum absolute atomic E-state index is 13.1. The Labute approximate surface area is 203 Å². The van der Waals surface area contributed by atoms with Crippen LogP contribution in [0, 0.1) is 24.7 Å². The Bertz CT molecular complexity index is 1270. The molecule has 0 bridgehead atoms. The number of halogens is 1. The maximum Gasteiger partial charge on any atom is 0.276 e. The van der Waals surface area contributed by atoms with Gasteiger partial charge in [-0.2, -0.15) is 5.10 Å². The highest BCUT2D eigenvalue weighted by atomic mass is 35.5. The molecule has 8 heteroatoms. The molecule has 0 unspecified atom stereocenters. The van der Waals surface area contributed by atoms with Gasteiger partial charge in [-0.1, -0.05) is 55.5 Å². The van der Waals surface area contributed by atoms with Crippen LogP contribution in [0.4, 0.5) is 5.82 Å². The molecule has 0 radical (unpaired) electrons. The molecule has 2 aromatic heterocycles. The first-order chi connectivity index (χ1) is 16.3. The van der Waals surface area contributed by atoms with Gasteiger partial charge in [-0.3, -0.25) is 14.3 Å². The molecule has 0 atom stereocenters. The molecular weight excluding hydrogens is 450 g/mol. The van der Waals surface area contributed by atoms with Crippen molar-refractivity contribution >= 4 is 29.2 Å². The van der Waals surface area contributed by atoms with Gasteiger partial charge in [-0.15, -0.1) is 0 Å². The van der Waals surface area contributed by atoms with Crippen molar-refractivity contribution in [2.24, 2.45) is 5.92 Å². The number of nitrogens with zero attached hydrogens (tertiary/aromatic N) is 3. The Morgan fingerprint density at radius 3 is 2.50 bits per heavy atom. The average Bonchev–Trinajstić information content (AvgIpc) is 3.17. The van der Waals surface area contributed by atoms with E-state index in [1.807, 2.05) is 57.2 Å². The van der Waals surface area contributed by atoms with E-state index in [0.29, 0.717) is 18.7 Å². The van der Waals surface area contributed by atoms with Crippen molar-refractivity contribution in [3.05, 3.63) is 76.2 Å². The Balaban J connectivity index is 1.43. The summed E-state index contributed by atoms with van der Waals surface area (Å²) in [7, 11) is 0. The smallest absolute Gasteiger partial charge is 0.276 e. The number of aryl methyl sites for hydroxylation is 1. The lowest BCUT2D eigenvalue weighted by Gasteiger charge is -2.36. The number of hydrogen-bond acceptors (Lipinski definition) is 4. The quantitative estimate of drug-likeness (QED) is 0.536. The molecule has 1 aliphatic rings. The Morgan fingerprint density at radius 1 is 1.12 bits per heavy atom. The highest BCUT2D eigenvalue weighted by Gasteiger charge is 2.35. The second-order valence-electron chi connectivity index (χ2n) is 8.73. The third-order valence-electron chi connectivity index (χ3n) is 5.73. The fourth-order valence-corrected chi connectivity index (χ4v) is 3.93. The zero-order valence-corrected chi connectivity index (χ0v) is 20.1. The van der Waals surface area contributed by atoms with Crippen molar-refractivity contribution in [2.45, 2.75) is 45.7 Å². The fourth-order valence-electron chi connectivity index (χ4n) is 3.71. The summed E-state index contributed by atoms with van der Waals surface area (Å²) in [4.78, 5) is 29.4. The van der Waals surface area contributed by atoms with Crippen LogP contribution in [0.3, 0.4) is 0 Å². The Hall–Kier alpha value is -3.63. The molecule has 1 saturated carbocycles. The summed E-state index contributed by atoms with van der Waals surface area (Å²) in [5.74, 6) is 6.22. The Kier molecular flexibility index (Phi) is 6.99. The van der Waals surface area contributed by atoms with Gasteiger partial charge in [-0.05, 0) is 43.5 Å². The van der Waals surface area contributed by atoms with Gasteiger partial charge in [0.25, 0.3) is 5.91 Å². The number of anilines is 1. The van der Waals surface area contributed by atoms with Gasteiger partial charge < -0.3 is 10.6 Å². The number of pyridine rings is 1. The van der Waals surface area contributed by atoms with Crippen LogP contribution in [0.1, 0.15) is 59.9 Å². The van der Waals surface area contributed by atoms with Crippen LogP contribution in [-0.4, -0.2) is 32.6 Å². The van der Waals surface area contributed by atoms with Crippen molar-refractivity contribution in [3.8, 4) is 11.8 Å². The van der Waals surface area contributed by atoms with Gasteiger partial charge in [0.05, 0.1) is 17.3 Å². The summed E-state index contributed by atoms with van der Waals surface area (Å²) in [5.41, 5.74) is 2.75. The first-order valence-corrected chi connectivity index (χ1v) is 11.6. The molecule has 1 fully saturated rings. The topological polar surface area (TPSA) is 88.9 Å². The van der Waals surface area contributed by atoms with E-state index in [9.17, 15) is 9.59 Å². The Morgan fingerprint density at radius 2 is 1.82 bits per heavy atom. The molecule has 1 aromatic carbocycles. The van der Waals surface area contributed by atoms with Gasteiger partial charge in [0.2, 0.25) is 5.91 Å². The number of aromatic nitrogens is 3. The summed E-state index contributed by atoms with van der Waals surface area (Å²) in [6.07, 6.45) is 4.50. The summed E-state index contributed by atoms with van der Waals surface area (Å²) in [5, 5.41) is 10.4. The molecule has 2 amide bonds. The molecule has 174 valence electrons. The van der Waals surface area contributed by atoms with Crippen molar-refractivity contribution in [1.82, 2.24) is 20.1 Å². The van der Waals surface area contributed by atoms with Crippen LogP contribution >= 0.6 is 11.6 Å². The van der Waals surface area contributed by atoms with Gasteiger partial charge in [0, 0.05) is 29.3 Å². The van der Waals surface area contributed by atoms with Gasteiger partial charge in [0.1, 0.15) is 11.5 Å². The van der Waals surface area contributed by atoms with Crippen molar-refractivity contribution < 1.29 is 9.59 Å². The second-order valence-corrected chi connectivity index (χ2v) is 9.14. The minimum Gasteiger partial charge on any atom is -0.353 e. The SMILES string of the molecule is Cc1cc(C#Cc2ccccc2)cnc1NC(=O)c1c(Cl)cnn1[C@H]1C[C@@H](NC(=O)C(C)C)C1. The molecule has 0 saturated heterocycles. The van der Waals surface area contributed by atoms with E-state index in [2.05, 4.69) is 32.6 Å². The number of carbonyl (C=O) groups is 2. The predicted molar refractivity (Wildman–Crippen MR) is 132 cm³/mol. The lowest BCUT2D eigenvalue weighted by Crippen LogP contribution is -2.47. The monoisotopic (exact) mass is 475 g/mol. The van der Waals surface area contributed by atoms with Crippen LogP contribution in [0.15, 0.2) is 48.8 Å². The molecule has 2 N–H and O–H groups in total. The zero-order valence-electron chi connectivity index (χ0n) is 19.3. The molecule has 4 rings (SSSR count). The summed E-state index contributed by atoms with van der Waals surface area (Å²) >= 11 is 6.31. The van der Waals surface area contributed by atoms with E-state index < -0.39 is 0 Å². The van der Waals surface area contributed by atoms with Crippen LogP contribution in [0.5, 0.6) is 0 Å². The van der Waals surface area contributed by atoms with Crippen LogP contribution in [0.25, 0.3) is 0 Å². The van der Waals surface area contributed by atoms with Crippen LogP contribution in [0.2, 0.25) is 5.02 Å². The third kappa shape index (κ3) is 5.29. The van der Waals surface area contributed by atoms with Crippen molar-refractivity contribution in [3.63, 3.8) is 0 Å². The molecule has 0 aliphatic heterocycles. The average molecular weight is 476 g/mol. The minimum absolute atomic E-state index is 0.00425. The number of amides is 2. The molecule has 34 heavy (non-hydrogen) atoms. The first kappa shape index (κ1) is 23.5.